The third-order valence-electron chi connectivity index (χ3n) is 4.18. The summed E-state index contributed by atoms with van der Waals surface area (Å²) in [5.41, 5.74) is 2.95. The highest BCUT2D eigenvalue weighted by atomic mass is 35.5. The largest absolute Gasteiger partial charge is 0.489 e. The molecule has 0 spiro atoms. The second kappa shape index (κ2) is 9.13. The van der Waals surface area contributed by atoms with Gasteiger partial charge in [-0.05, 0) is 62.2 Å². The first-order chi connectivity index (χ1) is 14.2. The first kappa shape index (κ1) is 21.6. The molecule has 0 atom stereocenters. The van der Waals surface area contributed by atoms with Crippen LogP contribution in [-0.4, -0.2) is 17.7 Å². The lowest BCUT2D eigenvalue weighted by Gasteiger charge is -2.10. The van der Waals surface area contributed by atoms with Gasteiger partial charge in [0.2, 0.25) is 0 Å². The van der Waals surface area contributed by atoms with Gasteiger partial charge in [-0.2, -0.15) is 8.78 Å². The Hall–Kier alpha value is -3.13. The first-order valence-corrected chi connectivity index (χ1v) is 9.32. The molecule has 0 aliphatic carbocycles. The standard InChI is InChI=1S/C21H19ClF2N2O4/c1-11-6-12(2)8-15(7-11)28-10-16-13(3)30-26-19(16)20(27)25-14-4-5-18(17(22)9-14)29-21(23)24/h4-9,21H,10H2,1-3H3,(H,25,27). The minimum Gasteiger partial charge on any atom is -0.489 e. The zero-order valence-corrected chi connectivity index (χ0v) is 17.2. The number of carbonyl (C=O) groups excluding carboxylic acids is 1. The van der Waals surface area contributed by atoms with Crippen molar-refractivity contribution >= 4 is 23.2 Å². The molecule has 0 saturated carbocycles. The Balaban J connectivity index is 1.73. The number of benzene rings is 2. The lowest BCUT2D eigenvalue weighted by Crippen LogP contribution is -2.15. The fourth-order valence-electron chi connectivity index (χ4n) is 2.87. The van der Waals surface area contributed by atoms with Crippen LogP contribution < -0.4 is 14.8 Å². The molecular formula is C21H19ClF2N2O4. The highest BCUT2D eigenvalue weighted by Crippen LogP contribution is 2.29. The number of ether oxygens (including phenoxy) is 2. The van der Waals surface area contributed by atoms with E-state index < -0.39 is 12.5 Å². The maximum absolute atomic E-state index is 12.7. The summed E-state index contributed by atoms with van der Waals surface area (Å²) in [5, 5.41) is 6.35. The number of nitrogens with zero attached hydrogens (tertiary/aromatic N) is 1. The fraction of sp³-hybridized carbons (Fsp3) is 0.238. The van der Waals surface area contributed by atoms with Gasteiger partial charge in [0.25, 0.3) is 5.91 Å². The second-order valence-electron chi connectivity index (χ2n) is 6.66. The zero-order chi connectivity index (χ0) is 21.8. The van der Waals surface area contributed by atoms with Crippen LogP contribution in [-0.2, 0) is 6.61 Å². The molecule has 9 heteroatoms. The summed E-state index contributed by atoms with van der Waals surface area (Å²) < 4.78 is 39.9. The Morgan fingerprint density at radius 3 is 2.50 bits per heavy atom. The number of nitrogens with one attached hydrogen (secondary N) is 1. The predicted octanol–water partition coefficient (Wildman–Crippen LogP) is 5.69. The van der Waals surface area contributed by atoms with Crippen molar-refractivity contribution < 1.29 is 27.6 Å². The SMILES string of the molecule is Cc1cc(C)cc(OCc2c(C(=O)Nc3ccc(OC(F)F)c(Cl)c3)noc2C)c1. The van der Waals surface area contributed by atoms with Gasteiger partial charge in [-0.25, -0.2) is 0 Å². The Morgan fingerprint density at radius 2 is 1.87 bits per heavy atom. The van der Waals surface area contributed by atoms with Crippen LogP contribution in [0.3, 0.4) is 0 Å². The third kappa shape index (κ3) is 5.27. The molecule has 1 aromatic heterocycles. The number of aryl methyl sites for hydroxylation is 3. The average Bonchev–Trinajstić information content (AvgIpc) is 3.02. The quantitative estimate of drug-likeness (QED) is 0.515. The highest BCUT2D eigenvalue weighted by Gasteiger charge is 2.21. The van der Waals surface area contributed by atoms with E-state index in [1.165, 1.54) is 18.2 Å². The number of hydrogen-bond acceptors (Lipinski definition) is 5. The molecular weight excluding hydrogens is 418 g/mol. The van der Waals surface area contributed by atoms with E-state index in [9.17, 15) is 13.6 Å². The van der Waals surface area contributed by atoms with E-state index in [1.54, 1.807) is 6.92 Å². The zero-order valence-electron chi connectivity index (χ0n) is 16.5. The van der Waals surface area contributed by atoms with Crippen LogP contribution >= 0.6 is 11.6 Å². The van der Waals surface area contributed by atoms with Crippen molar-refractivity contribution in [2.75, 3.05) is 5.32 Å². The topological polar surface area (TPSA) is 73.6 Å². The molecule has 158 valence electrons. The average molecular weight is 437 g/mol. The van der Waals surface area contributed by atoms with Gasteiger partial charge < -0.3 is 19.3 Å². The summed E-state index contributed by atoms with van der Waals surface area (Å²) in [5.74, 6) is 0.373. The maximum atomic E-state index is 12.7. The molecule has 6 nitrogen and oxygen atoms in total. The van der Waals surface area contributed by atoms with Crippen molar-refractivity contribution in [3.05, 3.63) is 69.6 Å². The van der Waals surface area contributed by atoms with Crippen molar-refractivity contribution in [3.63, 3.8) is 0 Å². The molecule has 0 aliphatic rings. The van der Waals surface area contributed by atoms with Crippen LogP contribution in [0, 0.1) is 20.8 Å². The van der Waals surface area contributed by atoms with E-state index in [1.807, 2.05) is 32.0 Å². The van der Waals surface area contributed by atoms with Gasteiger partial charge >= 0.3 is 6.61 Å². The molecule has 1 heterocycles. The van der Waals surface area contributed by atoms with Gasteiger partial charge in [0, 0.05) is 5.69 Å². The fourth-order valence-corrected chi connectivity index (χ4v) is 3.10. The normalized spacial score (nSPS) is 10.9. The van der Waals surface area contributed by atoms with E-state index >= 15 is 0 Å². The monoisotopic (exact) mass is 436 g/mol. The van der Waals surface area contributed by atoms with Gasteiger partial charge in [0.05, 0.1) is 10.6 Å². The number of hydrogen-bond donors (Lipinski definition) is 1. The Bertz CT molecular complexity index is 1050. The van der Waals surface area contributed by atoms with Crippen LogP contribution in [0.1, 0.15) is 32.9 Å². The number of amides is 1. The smallest absolute Gasteiger partial charge is 0.387 e. The van der Waals surface area contributed by atoms with Crippen LogP contribution in [0.15, 0.2) is 40.9 Å². The lowest BCUT2D eigenvalue weighted by molar-refractivity contribution is -0.0497. The van der Waals surface area contributed by atoms with Gasteiger partial charge in [-0.1, -0.05) is 22.8 Å². The number of rotatable bonds is 7. The van der Waals surface area contributed by atoms with Crippen LogP contribution in [0.2, 0.25) is 5.02 Å². The predicted molar refractivity (Wildman–Crippen MR) is 108 cm³/mol. The van der Waals surface area contributed by atoms with E-state index in [2.05, 4.69) is 15.2 Å². The molecule has 1 N–H and O–H groups in total. The Labute approximate surface area is 176 Å². The molecule has 0 aliphatic heterocycles. The Kier molecular flexibility index (Phi) is 6.56. The molecule has 3 aromatic rings. The van der Waals surface area contributed by atoms with Crippen molar-refractivity contribution in [1.29, 1.82) is 0 Å². The molecule has 3 rings (SSSR count). The summed E-state index contributed by atoms with van der Waals surface area (Å²) in [4.78, 5) is 12.7. The van der Waals surface area contributed by atoms with Crippen LogP contribution in [0.5, 0.6) is 11.5 Å². The number of alkyl halides is 2. The number of carbonyl (C=O) groups is 1. The summed E-state index contributed by atoms with van der Waals surface area (Å²) in [7, 11) is 0. The maximum Gasteiger partial charge on any atom is 0.387 e. The molecule has 0 fully saturated rings. The van der Waals surface area contributed by atoms with Crippen molar-refractivity contribution in [3.8, 4) is 11.5 Å². The van der Waals surface area contributed by atoms with Crippen LogP contribution in [0.25, 0.3) is 0 Å². The molecule has 0 unspecified atom stereocenters. The van der Waals surface area contributed by atoms with Crippen molar-refractivity contribution in [2.24, 2.45) is 0 Å². The minimum atomic E-state index is -3.00. The second-order valence-corrected chi connectivity index (χ2v) is 7.06. The van der Waals surface area contributed by atoms with E-state index in [0.29, 0.717) is 17.1 Å². The van der Waals surface area contributed by atoms with Gasteiger partial charge in [0.1, 0.15) is 23.9 Å². The Morgan fingerprint density at radius 1 is 1.17 bits per heavy atom. The van der Waals surface area contributed by atoms with E-state index in [4.69, 9.17) is 20.9 Å². The summed E-state index contributed by atoms with van der Waals surface area (Å²) in [6.45, 7) is 2.69. The van der Waals surface area contributed by atoms with Gasteiger partial charge in [-0.15, -0.1) is 0 Å². The van der Waals surface area contributed by atoms with Crippen molar-refractivity contribution in [2.45, 2.75) is 34.0 Å². The molecule has 0 radical (unpaired) electrons. The molecule has 1 amide bonds. The van der Waals surface area contributed by atoms with Gasteiger partial charge in [-0.3, -0.25) is 4.79 Å². The minimum absolute atomic E-state index is 0.0564. The summed E-state index contributed by atoms with van der Waals surface area (Å²) >= 11 is 5.92. The summed E-state index contributed by atoms with van der Waals surface area (Å²) in [6.07, 6.45) is 0. The molecule has 2 aromatic carbocycles. The first-order valence-electron chi connectivity index (χ1n) is 8.95. The highest BCUT2D eigenvalue weighted by molar-refractivity contribution is 6.32. The molecule has 30 heavy (non-hydrogen) atoms. The lowest BCUT2D eigenvalue weighted by atomic mass is 10.1. The third-order valence-corrected chi connectivity index (χ3v) is 4.48. The number of halogens is 3. The van der Waals surface area contributed by atoms with E-state index in [-0.39, 0.29) is 28.8 Å². The molecule has 0 bridgehead atoms. The summed E-state index contributed by atoms with van der Waals surface area (Å²) in [6, 6.07) is 9.73. The number of aromatic nitrogens is 1. The molecule has 0 saturated heterocycles. The number of anilines is 1. The van der Waals surface area contributed by atoms with Gasteiger partial charge in [0.15, 0.2) is 5.69 Å². The van der Waals surface area contributed by atoms with Crippen molar-refractivity contribution in [1.82, 2.24) is 5.16 Å². The van der Waals surface area contributed by atoms with E-state index in [0.717, 1.165) is 11.1 Å². The van der Waals surface area contributed by atoms with Crippen LogP contribution in [0.4, 0.5) is 14.5 Å².